The Labute approximate surface area is 108 Å². The van der Waals surface area contributed by atoms with E-state index in [9.17, 15) is 4.79 Å². The van der Waals surface area contributed by atoms with Crippen LogP contribution in [0.1, 0.15) is 35.7 Å². The number of benzene rings is 2. The fourth-order valence-corrected chi connectivity index (χ4v) is 2.23. The van der Waals surface area contributed by atoms with Crippen molar-refractivity contribution >= 4 is 5.78 Å². The standard InChI is InChI=1S/C17H18O/c1-3-8-17(18)16-12-7-11-15(13(16)2)14-9-5-4-6-10-14/h4-7,9-12H,3,8H2,1-2H3. The maximum absolute atomic E-state index is 12.0. The van der Waals surface area contributed by atoms with Gasteiger partial charge in [-0.1, -0.05) is 55.5 Å². The smallest absolute Gasteiger partial charge is 0.163 e. The van der Waals surface area contributed by atoms with Crippen molar-refractivity contribution in [1.82, 2.24) is 0 Å². The number of hydrogen-bond donors (Lipinski definition) is 0. The Morgan fingerprint density at radius 2 is 1.72 bits per heavy atom. The molecule has 0 saturated carbocycles. The Morgan fingerprint density at radius 1 is 1.00 bits per heavy atom. The van der Waals surface area contributed by atoms with Gasteiger partial charge in [0.05, 0.1) is 0 Å². The Morgan fingerprint density at radius 3 is 2.39 bits per heavy atom. The molecule has 2 aromatic rings. The van der Waals surface area contributed by atoms with Crippen LogP contribution < -0.4 is 0 Å². The number of hydrogen-bond acceptors (Lipinski definition) is 1. The summed E-state index contributed by atoms with van der Waals surface area (Å²) in [5.74, 6) is 0.243. The maximum atomic E-state index is 12.0. The van der Waals surface area contributed by atoms with Gasteiger partial charge in [0, 0.05) is 12.0 Å². The van der Waals surface area contributed by atoms with Crippen molar-refractivity contribution in [1.29, 1.82) is 0 Å². The molecule has 0 amide bonds. The van der Waals surface area contributed by atoms with E-state index >= 15 is 0 Å². The molecule has 0 bridgehead atoms. The van der Waals surface area contributed by atoms with Crippen molar-refractivity contribution in [3.8, 4) is 11.1 Å². The van der Waals surface area contributed by atoms with E-state index in [2.05, 4.69) is 18.2 Å². The van der Waals surface area contributed by atoms with Crippen LogP contribution in [0.3, 0.4) is 0 Å². The maximum Gasteiger partial charge on any atom is 0.163 e. The van der Waals surface area contributed by atoms with Gasteiger partial charge in [0.2, 0.25) is 0 Å². The van der Waals surface area contributed by atoms with Crippen LogP contribution in [0.5, 0.6) is 0 Å². The van der Waals surface area contributed by atoms with Crippen molar-refractivity contribution in [2.24, 2.45) is 0 Å². The molecule has 0 spiro atoms. The van der Waals surface area contributed by atoms with Crippen LogP contribution in [0, 0.1) is 6.92 Å². The molecule has 0 aliphatic heterocycles. The monoisotopic (exact) mass is 238 g/mol. The van der Waals surface area contributed by atoms with Gasteiger partial charge in [-0.2, -0.15) is 0 Å². The van der Waals surface area contributed by atoms with E-state index < -0.39 is 0 Å². The predicted molar refractivity (Wildman–Crippen MR) is 75.9 cm³/mol. The van der Waals surface area contributed by atoms with Gasteiger partial charge in [0.15, 0.2) is 5.78 Å². The molecule has 0 aromatic heterocycles. The van der Waals surface area contributed by atoms with Crippen molar-refractivity contribution in [2.45, 2.75) is 26.7 Å². The lowest BCUT2D eigenvalue weighted by Gasteiger charge is -2.10. The zero-order chi connectivity index (χ0) is 13.0. The molecule has 0 atom stereocenters. The highest BCUT2D eigenvalue weighted by Gasteiger charge is 2.11. The zero-order valence-electron chi connectivity index (χ0n) is 10.9. The summed E-state index contributed by atoms with van der Waals surface area (Å²) in [5.41, 5.74) is 4.26. The third kappa shape index (κ3) is 2.51. The van der Waals surface area contributed by atoms with Crippen LogP contribution in [-0.2, 0) is 0 Å². The minimum atomic E-state index is 0.243. The molecule has 0 radical (unpaired) electrons. The number of Topliss-reactive ketones (excluding diaryl/α,β-unsaturated/α-hetero) is 1. The van der Waals surface area contributed by atoms with Crippen LogP contribution in [0.4, 0.5) is 0 Å². The van der Waals surface area contributed by atoms with Gasteiger partial charge < -0.3 is 0 Å². The highest BCUT2D eigenvalue weighted by atomic mass is 16.1. The number of carbonyl (C=O) groups excluding carboxylic acids is 1. The molecule has 92 valence electrons. The average molecular weight is 238 g/mol. The molecule has 0 saturated heterocycles. The molecule has 0 N–H and O–H groups in total. The molecular weight excluding hydrogens is 220 g/mol. The first-order valence-electron chi connectivity index (χ1n) is 6.42. The van der Waals surface area contributed by atoms with Crippen LogP contribution in [0.25, 0.3) is 11.1 Å². The van der Waals surface area contributed by atoms with E-state index in [4.69, 9.17) is 0 Å². The van der Waals surface area contributed by atoms with E-state index in [1.807, 2.05) is 44.2 Å². The number of carbonyl (C=O) groups is 1. The van der Waals surface area contributed by atoms with Crippen molar-refractivity contribution in [3.05, 3.63) is 59.7 Å². The zero-order valence-corrected chi connectivity index (χ0v) is 10.9. The quantitative estimate of drug-likeness (QED) is 0.709. The Balaban J connectivity index is 2.46. The lowest BCUT2D eigenvalue weighted by molar-refractivity contribution is 0.0981. The first kappa shape index (κ1) is 12.6. The highest BCUT2D eigenvalue weighted by molar-refractivity contribution is 5.99. The summed E-state index contributed by atoms with van der Waals surface area (Å²) < 4.78 is 0. The molecule has 1 heteroatoms. The molecule has 0 unspecified atom stereocenters. The molecule has 0 fully saturated rings. The fraction of sp³-hybridized carbons (Fsp3) is 0.235. The van der Waals surface area contributed by atoms with E-state index in [-0.39, 0.29) is 5.78 Å². The first-order chi connectivity index (χ1) is 8.74. The lowest BCUT2D eigenvalue weighted by Crippen LogP contribution is -2.02. The third-order valence-corrected chi connectivity index (χ3v) is 3.20. The molecule has 2 aromatic carbocycles. The van der Waals surface area contributed by atoms with Crippen molar-refractivity contribution in [2.75, 3.05) is 0 Å². The summed E-state index contributed by atoms with van der Waals surface area (Å²) in [6.07, 6.45) is 1.52. The molecular formula is C17H18O. The first-order valence-corrected chi connectivity index (χ1v) is 6.42. The van der Waals surface area contributed by atoms with E-state index in [1.54, 1.807) is 0 Å². The van der Waals surface area contributed by atoms with E-state index in [0.29, 0.717) is 6.42 Å². The number of ketones is 1. The second-order valence-corrected chi connectivity index (χ2v) is 4.52. The van der Waals surface area contributed by atoms with Gasteiger partial charge in [-0.15, -0.1) is 0 Å². The molecule has 0 heterocycles. The van der Waals surface area contributed by atoms with Crippen LogP contribution in [0.2, 0.25) is 0 Å². The Kier molecular flexibility index (Phi) is 3.93. The summed E-state index contributed by atoms with van der Waals surface area (Å²) in [4.78, 5) is 12.0. The minimum Gasteiger partial charge on any atom is -0.294 e. The van der Waals surface area contributed by atoms with E-state index in [0.717, 1.165) is 23.1 Å². The summed E-state index contributed by atoms with van der Waals surface area (Å²) in [7, 11) is 0. The number of rotatable bonds is 4. The van der Waals surface area contributed by atoms with Gasteiger partial charge >= 0.3 is 0 Å². The Bertz CT molecular complexity index is 541. The van der Waals surface area contributed by atoms with Crippen molar-refractivity contribution < 1.29 is 4.79 Å². The third-order valence-electron chi connectivity index (χ3n) is 3.20. The van der Waals surface area contributed by atoms with Gasteiger partial charge in [-0.25, -0.2) is 0 Å². The minimum absolute atomic E-state index is 0.243. The van der Waals surface area contributed by atoms with Crippen LogP contribution in [-0.4, -0.2) is 5.78 Å². The molecule has 0 aliphatic rings. The highest BCUT2D eigenvalue weighted by Crippen LogP contribution is 2.26. The van der Waals surface area contributed by atoms with Crippen molar-refractivity contribution in [3.63, 3.8) is 0 Å². The average Bonchev–Trinajstić information content (AvgIpc) is 2.40. The fourth-order valence-electron chi connectivity index (χ4n) is 2.23. The summed E-state index contributed by atoms with van der Waals surface area (Å²) >= 11 is 0. The topological polar surface area (TPSA) is 17.1 Å². The summed E-state index contributed by atoms with van der Waals surface area (Å²) in [6.45, 7) is 4.07. The summed E-state index contributed by atoms with van der Waals surface area (Å²) in [6, 6.07) is 16.2. The van der Waals surface area contributed by atoms with Gasteiger partial charge in [0.25, 0.3) is 0 Å². The van der Waals surface area contributed by atoms with Gasteiger partial charge in [0.1, 0.15) is 0 Å². The van der Waals surface area contributed by atoms with Gasteiger partial charge in [-0.3, -0.25) is 4.79 Å². The normalized spacial score (nSPS) is 10.3. The second-order valence-electron chi connectivity index (χ2n) is 4.52. The molecule has 18 heavy (non-hydrogen) atoms. The molecule has 2 rings (SSSR count). The van der Waals surface area contributed by atoms with Crippen LogP contribution in [0.15, 0.2) is 48.5 Å². The Hall–Kier alpha value is -1.89. The SMILES string of the molecule is CCCC(=O)c1cccc(-c2ccccc2)c1C. The molecule has 1 nitrogen and oxygen atoms in total. The van der Waals surface area contributed by atoms with Crippen LogP contribution >= 0.6 is 0 Å². The van der Waals surface area contributed by atoms with Gasteiger partial charge in [-0.05, 0) is 30.0 Å². The predicted octanol–water partition coefficient (Wildman–Crippen LogP) is 4.64. The lowest BCUT2D eigenvalue weighted by atomic mass is 9.93. The summed E-state index contributed by atoms with van der Waals surface area (Å²) in [5, 5.41) is 0. The second kappa shape index (κ2) is 5.63. The molecule has 0 aliphatic carbocycles. The largest absolute Gasteiger partial charge is 0.294 e. The van der Waals surface area contributed by atoms with E-state index in [1.165, 1.54) is 5.56 Å².